The lowest BCUT2D eigenvalue weighted by Gasteiger charge is -2.32. The molecule has 0 bridgehead atoms. The number of carbonyl (C=O) groups excluding carboxylic acids is 1. The van der Waals surface area contributed by atoms with Gasteiger partial charge in [-0.2, -0.15) is 0 Å². The van der Waals surface area contributed by atoms with Gasteiger partial charge in [-0.3, -0.25) is 9.69 Å². The summed E-state index contributed by atoms with van der Waals surface area (Å²) < 4.78 is 5.21. The number of aromatic nitrogens is 1. The lowest BCUT2D eigenvalue weighted by Crippen LogP contribution is -2.44. The molecular weight excluding hydrogens is 374 g/mol. The van der Waals surface area contributed by atoms with Crippen LogP contribution in [0.3, 0.4) is 0 Å². The number of pyridine rings is 1. The number of rotatable bonds is 6. The van der Waals surface area contributed by atoms with Gasteiger partial charge in [0.25, 0.3) is 5.91 Å². The van der Waals surface area contributed by atoms with E-state index in [0.29, 0.717) is 5.88 Å². The second-order valence-corrected chi connectivity index (χ2v) is 7.61. The van der Waals surface area contributed by atoms with E-state index in [1.807, 2.05) is 72.8 Å². The average Bonchev–Trinajstić information content (AvgIpc) is 2.81. The summed E-state index contributed by atoms with van der Waals surface area (Å²) in [6, 6.07) is 23.9. The van der Waals surface area contributed by atoms with Crippen molar-refractivity contribution < 1.29 is 9.53 Å². The fraction of sp³-hybridized carbons (Fsp3) is 0.280. The Hall–Kier alpha value is -3.18. The Morgan fingerprint density at radius 1 is 1.00 bits per heavy atom. The molecule has 1 fully saturated rings. The Morgan fingerprint density at radius 3 is 2.50 bits per heavy atom. The molecule has 154 valence electrons. The van der Waals surface area contributed by atoms with Crippen LogP contribution < -0.4 is 10.1 Å². The van der Waals surface area contributed by atoms with Gasteiger partial charge in [-0.15, -0.1) is 0 Å². The Labute approximate surface area is 177 Å². The van der Waals surface area contributed by atoms with Crippen LogP contribution in [0.2, 0.25) is 0 Å². The molecule has 1 aliphatic rings. The number of hydrogen-bond donors (Lipinski definition) is 1. The topological polar surface area (TPSA) is 54.5 Å². The number of amides is 1. The quantitative estimate of drug-likeness (QED) is 0.674. The van der Waals surface area contributed by atoms with Gasteiger partial charge in [-0.25, -0.2) is 4.98 Å². The standard InChI is InChI=1S/C25H27N3O2/c1-30-24-13-7-10-21(26-24)18-28-16-14-20(15-17-28)27-25(29)23-12-6-5-11-22(23)19-8-3-2-4-9-19/h2-13,20H,14-18H2,1H3,(H,27,29). The second-order valence-electron chi connectivity index (χ2n) is 7.61. The molecule has 0 spiro atoms. The molecular formula is C25H27N3O2. The van der Waals surface area contributed by atoms with E-state index in [1.54, 1.807) is 7.11 Å². The molecule has 0 atom stereocenters. The van der Waals surface area contributed by atoms with E-state index >= 15 is 0 Å². The fourth-order valence-corrected chi connectivity index (χ4v) is 3.94. The van der Waals surface area contributed by atoms with Crippen LogP contribution in [0, 0.1) is 0 Å². The third-order valence-electron chi connectivity index (χ3n) is 5.56. The highest BCUT2D eigenvalue weighted by Crippen LogP contribution is 2.24. The maximum absolute atomic E-state index is 13.0. The largest absolute Gasteiger partial charge is 0.481 e. The zero-order valence-corrected chi connectivity index (χ0v) is 17.3. The predicted octanol–water partition coefficient (Wildman–Crippen LogP) is 4.15. The first-order chi connectivity index (χ1) is 14.7. The van der Waals surface area contributed by atoms with Gasteiger partial charge >= 0.3 is 0 Å². The summed E-state index contributed by atoms with van der Waals surface area (Å²) >= 11 is 0. The number of benzene rings is 2. The highest BCUT2D eigenvalue weighted by atomic mass is 16.5. The molecule has 30 heavy (non-hydrogen) atoms. The van der Waals surface area contributed by atoms with Crippen molar-refractivity contribution in [2.45, 2.75) is 25.4 Å². The van der Waals surface area contributed by atoms with Crippen LogP contribution >= 0.6 is 0 Å². The highest BCUT2D eigenvalue weighted by molar-refractivity contribution is 6.01. The van der Waals surface area contributed by atoms with E-state index in [2.05, 4.69) is 15.2 Å². The number of nitrogens with one attached hydrogen (secondary N) is 1. The fourth-order valence-electron chi connectivity index (χ4n) is 3.94. The first-order valence-corrected chi connectivity index (χ1v) is 10.4. The minimum atomic E-state index is 0.00219. The lowest BCUT2D eigenvalue weighted by molar-refractivity contribution is 0.0909. The summed E-state index contributed by atoms with van der Waals surface area (Å²) in [4.78, 5) is 19.9. The lowest BCUT2D eigenvalue weighted by atomic mass is 9.98. The highest BCUT2D eigenvalue weighted by Gasteiger charge is 2.22. The van der Waals surface area contributed by atoms with Crippen LogP contribution in [0.25, 0.3) is 11.1 Å². The van der Waals surface area contributed by atoms with Gasteiger partial charge in [-0.05, 0) is 36.1 Å². The SMILES string of the molecule is COc1cccc(CN2CCC(NC(=O)c3ccccc3-c3ccccc3)CC2)n1. The van der Waals surface area contributed by atoms with Crippen LogP contribution in [-0.4, -0.2) is 42.0 Å². The minimum absolute atomic E-state index is 0.00219. The third kappa shape index (κ3) is 4.86. The zero-order valence-electron chi connectivity index (χ0n) is 17.3. The van der Waals surface area contributed by atoms with Crippen molar-refractivity contribution in [1.82, 2.24) is 15.2 Å². The molecule has 4 rings (SSSR count). The summed E-state index contributed by atoms with van der Waals surface area (Å²) in [6.07, 6.45) is 1.87. The molecule has 3 aromatic rings. The van der Waals surface area contributed by atoms with Crippen LogP contribution in [0.15, 0.2) is 72.8 Å². The Bertz CT molecular complexity index is 982. The number of methoxy groups -OCH3 is 1. The normalized spacial score (nSPS) is 15.0. The van der Waals surface area contributed by atoms with Crippen molar-refractivity contribution in [2.75, 3.05) is 20.2 Å². The molecule has 2 aromatic carbocycles. The van der Waals surface area contributed by atoms with E-state index < -0.39 is 0 Å². The summed E-state index contributed by atoms with van der Waals surface area (Å²) in [5.41, 5.74) is 3.77. The summed E-state index contributed by atoms with van der Waals surface area (Å²) in [5.74, 6) is 0.647. The number of ether oxygens (including phenoxy) is 1. The van der Waals surface area contributed by atoms with Gasteiger partial charge < -0.3 is 10.1 Å². The summed E-state index contributed by atoms with van der Waals surface area (Å²) in [6.45, 7) is 2.67. The van der Waals surface area contributed by atoms with Gasteiger partial charge in [-0.1, -0.05) is 54.6 Å². The van der Waals surface area contributed by atoms with E-state index in [-0.39, 0.29) is 11.9 Å². The Morgan fingerprint density at radius 2 is 1.73 bits per heavy atom. The number of likely N-dealkylation sites (tertiary alicyclic amines) is 1. The van der Waals surface area contributed by atoms with Crippen molar-refractivity contribution >= 4 is 5.91 Å². The monoisotopic (exact) mass is 401 g/mol. The third-order valence-corrected chi connectivity index (χ3v) is 5.56. The molecule has 0 saturated carbocycles. The number of carbonyl (C=O) groups is 1. The van der Waals surface area contributed by atoms with Crippen LogP contribution in [0.5, 0.6) is 5.88 Å². The van der Waals surface area contributed by atoms with Crippen LogP contribution in [0.1, 0.15) is 28.9 Å². The van der Waals surface area contributed by atoms with Gasteiger partial charge in [0.15, 0.2) is 0 Å². The molecule has 2 heterocycles. The van der Waals surface area contributed by atoms with Crippen molar-refractivity contribution in [2.24, 2.45) is 0 Å². The number of hydrogen-bond acceptors (Lipinski definition) is 4. The minimum Gasteiger partial charge on any atom is -0.481 e. The zero-order chi connectivity index (χ0) is 20.8. The molecule has 1 saturated heterocycles. The van der Waals surface area contributed by atoms with E-state index in [9.17, 15) is 4.79 Å². The smallest absolute Gasteiger partial charge is 0.252 e. The van der Waals surface area contributed by atoms with Crippen LogP contribution in [-0.2, 0) is 6.54 Å². The van der Waals surface area contributed by atoms with Gasteiger partial charge in [0.1, 0.15) is 0 Å². The van der Waals surface area contributed by atoms with Crippen molar-refractivity contribution in [3.63, 3.8) is 0 Å². The van der Waals surface area contributed by atoms with Crippen molar-refractivity contribution in [1.29, 1.82) is 0 Å². The molecule has 5 nitrogen and oxygen atoms in total. The molecule has 1 amide bonds. The van der Waals surface area contributed by atoms with E-state index in [0.717, 1.165) is 54.9 Å². The predicted molar refractivity (Wildman–Crippen MR) is 118 cm³/mol. The average molecular weight is 402 g/mol. The van der Waals surface area contributed by atoms with E-state index in [1.165, 1.54) is 0 Å². The first-order valence-electron chi connectivity index (χ1n) is 10.4. The molecule has 1 aliphatic heterocycles. The maximum Gasteiger partial charge on any atom is 0.252 e. The molecule has 0 radical (unpaired) electrons. The molecule has 0 aliphatic carbocycles. The second kappa shape index (κ2) is 9.55. The molecule has 1 N–H and O–H groups in total. The van der Waals surface area contributed by atoms with Gasteiger partial charge in [0.05, 0.1) is 12.8 Å². The number of piperidine rings is 1. The van der Waals surface area contributed by atoms with Crippen molar-refractivity contribution in [3.8, 4) is 17.0 Å². The van der Waals surface area contributed by atoms with Gasteiger partial charge in [0.2, 0.25) is 5.88 Å². The number of nitrogens with zero attached hydrogens (tertiary/aromatic N) is 2. The van der Waals surface area contributed by atoms with E-state index in [4.69, 9.17) is 4.74 Å². The molecule has 0 unspecified atom stereocenters. The summed E-state index contributed by atoms with van der Waals surface area (Å²) in [7, 11) is 1.64. The Kier molecular flexibility index (Phi) is 6.40. The van der Waals surface area contributed by atoms with Crippen molar-refractivity contribution in [3.05, 3.63) is 84.1 Å². The van der Waals surface area contributed by atoms with Gasteiger partial charge in [0, 0.05) is 37.3 Å². The van der Waals surface area contributed by atoms with Crippen LogP contribution in [0.4, 0.5) is 0 Å². The summed E-state index contributed by atoms with van der Waals surface area (Å²) in [5, 5.41) is 3.25. The molecule has 5 heteroatoms. The molecule has 1 aromatic heterocycles. The maximum atomic E-state index is 13.0. The first kappa shape index (κ1) is 20.1. The Balaban J connectivity index is 1.35.